The molecule has 2 atom stereocenters. The first kappa shape index (κ1) is 22.5. The van der Waals surface area contributed by atoms with E-state index in [2.05, 4.69) is 36.1 Å². The van der Waals surface area contributed by atoms with Crippen LogP contribution in [0.4, 0.5) is 11.4 Å². The number of aromatic nitrogens is 3. The zero-order valence-corrected chi connectivity index (χ0v) is 20.1. The third-order valence-electron chi connectivity index (χ3n) is 5.89. The van der Waals surface area contributed by atoms with Crippen LogP contribution in [0.2, 0.25) is 0 Å². The van der Waals surface area contributed by atoms with Crippen LogP contribution in [0.1, 0.15) is 30.4 Å². The van der Waals surface area contributed by atoms with Crippen LogP contribution in [0.25, 0.3) is 5.69 Å². The molecule has 1 fully saturated rings. The lowest BCUT2D eigenvalue weighted by atomic mass is 10.0. The fourth-order valence-electron chi connectivity index (χ4n) is 4.44. The summed E-state index contributed by atoms with van der Waals surface area (Å²) in [5.74, 6) is 0.386. The molecule has 1 amide bonds. The molecule has 1 aromatic carbocycles. The number of carbonyl (C=O) groups is 1. The number of amides is 1. The first-order chi connectivity index (χ1) is 17.1. The molecule has 0 radical (unpaired) electrons. The number of anilines is 2. The monoisotopic (exact) mass is 484 g/mol. The average molecular weight is 485 g/mol. The maximum atomic E-state index is 11.8. The Bertz CT molecular complexity index is 1360. The van der Waals surface area contributed by atoms with Crippen molar-refractivity contribution in [3.63, 3.8) is 0 Å². The van der Waals surface area contributed by atoms with Gasteiger partial charge in [-0.2, -0.15) is 0 Å². The van der Waals surface area contributed by atoms with E-state index in [0.29, 0.717) is 16.5 Å². The molecule has 0 bridgehead atoms. The summed E-state index contributed by atoms with van der Waals surface area (Å²) < 4.78 is 7.58. The van der Waals surface area contributed by atoms with Gasteiger partial charge in [0.05, 0.1) is 24.5 Å². The quantitative estimate of drug-likeness (QED) is 0.392. The summed E-state index contributed by atoms with van der Waals surface area (Å²) in [5, 5.41) is 6.89. The minimum absolute atomic E-state index is 0.183. The van der Waals surface area contributed by atoms with Gasteiger partial charge in [-0.05, 0) is 66.8 Å². The van der Waals surface area contributed by atoms with Crippen molar-refractivity contribution in [2.24, 2.45) is 0 Å². The van der Waals surface area contributed by atoms with E-state index in [1.165, 1.54) is 6.92 Å². The Labute approximate surface area is 208 Å². The number of rotatable bonds is 6. The molecular weight excluding hydrogens is 460 g/mol. The van der Waals surface area contributed by atoms with Crippen LogP contribution in [0.15, 0.2) is 85.5 Å². The molecule has 4 aromatic rings. The van der Waals surface area contributed by atoms with Crippen molar-refractivity contribution in [3.05, 3.63) is 96.8 Å². The molecule has 1 aliphatic heterocycles. The molecule has 0 spiro atoms. The molecule has 1 aliphatic rings. The smallest absolute Gasteiger partial charge is 0.221 e. The number of carbonyl (C=O) groups excluding carboxylic acids is 1. The van der Waals surface area contributed by atoms with Gasteiger partial charge in [0.1, 0.15) is 11.8 Å². The maximum absolute atomic E-state index is 11.8. The molecule has 4 heterocycles. The van der Waals surface area contributed by atoms with E-state index in [0.717, 1.165) is 22.8 Å². The molecule has 5 rings (SSSR count). The van der Waals surface area contributed by atoms with Gasteiger partial charge in [0.2, 0.25) is 5.91 Å². The summed E-state index contributed by atoms with van der Waals surface area (Å²) in [6.07, 6.45) is 7.35. The van der Waals surface area contributed by atoms with Gasteiger partial charge >= 0.3 is 0 Å². The molecule has 3 aromatic heterocycles. The van der Waals surface area contributed by atoms with Crippen LogP contribution in [-0.2, 0) is 4.79 Å². The Balaban J connectivity index is 1.66. The highest BCUT2D eigenvalue weighted by Gasteiger charge is 2.42. The molecule has 8 nitrogen and oxygen atoms in total. The molecular formula is C26H24N6O2S. The lowest BCUT2D eigenvalue weighted by Crippen LogP contribution is -2.30. The van der Waals surface area contributed by atoms with Gasteiger partial charge in [-0.15, -0.1) is 0 Å². The lowest BCUT2D eigenvalue weighted by Gasteiger charge is -2.29. The molecule has 9 heteroatoms. The first-order valence-corrected chi connectivity index (χ1v) is 11.5. The molecule has 35 heavy (non-hydrogen) atoms. The molecule has 0 saturated carbocycles. The number of nitrogens with one attached hydrogen (secondary N) is 2. The number of nitrogens with zero attached hydrogens (tertiary/aromatic N) is 4. The van der Waals surface area contributed by atoms with Gasteiger partial charge in [0, 0.05) is 48.8 Å². The summed E-state index contributed by atoms with van der Waals surface area (Å²) in [4.78, 5) is 22.7. The number of methoxy groups -OCH3 is 1. The summed E-state index contributed by atoms with van der Waals surface area (Å²) in [6, 6.07) is 19.1. The highest BCUT2D eigenvalue weighted by atomic mass is 32.1. The fourth-order valence-corrected chi connectivity index (χ4v) is 4.79. The predicted octanol–water partition coefficient (Wildman–Crippen LogP) is 4.41. The van der Waals surface area contributed by atoms with Crippen LogP contribution in [0.5, 0.6) is 5.75 Å². The van der Waals surface area contributed by atoms with Crippen LogP contribution in [0.3, 0.4) is 0 Å². The summed E-state index contributed by atoms with van der Waals surface area (Å²) >= 11 is 5.85. The van der Waals surface area contributed by atoms with Crippen LogP contribution in [0, 0.1) is 0 Å². The number of hydrogen-bond donors (Lipinski definition) is 2. The van der Waals surface area contributed by atoms with E-state index < -0.39 is 0 Å². The Hall–Kier alpha value is -4.24. The zero-order chi connectivity index (χ0) is 24.4. The third kappa shape index (κ3) is 4.33. The Morgan fingerprint density at radius 3 is 2.60 bits per heavy atom. The van der Waals surface area contributed by atoms with E-state index in [1.807, 2.05) is 60.8 Å². The second kappa shape index (κ2) is 9.55. The normalized spacial score (nSPS) is 17.2. The number of thiocarbonyl (C=S) groups is 1. The zero-order valence-electron chi connectivity index (χ0n) is 19.3. The summed E-state index contributed by atoms with van der Waals surface area (Å²) in [5.41, 5.74) is 4.28. The number of benzene rings is 1. The SMILES string of the molecule is COc1ccc(N2C(=S)N[C@@H](c3ccccn3)[C@@H]2c2cccn2-c2ccncc2)cc1NC(C)=O. The van der Waals surface area contributed by atoms with Gasteiger partial charge in [-0.3, -0.25) is 14.8 Å². The standard InChI is InChI=1S/C26H24N6O2S/c1-17(33)29-21-16-19(8-9-23(21)34-2)32-25(24(30-26(32)35)20-6-3-4-12-28-20)22-7-5-15-31(22)18-10-13-27-14-11-18/h3-16,24-25H,1-2H3,(H,29,33)(H,30,35)/t24-,25-/m0/s1. The van der Waals surface area contributed by atoms with Crippen molar-refractivity contribution in [2.45, 2.75) is 19.0 Å². The highest BCUT2D eigenvalue weighted by Crippen LogP contribution is 2.43. The van der Waals surface area contributed by atoms with Gasteiger partial charge in [-0.25, -0.2) is 0 Å². The van der Waals surface area contributed by atoms with Gasteiger partial charge in [-0.1, -0.05) is 6.07 Å². The molecule has 176 valence electrons. The Morgan fingerprint density at radius 1 is 1.06 bits per heavy atom. The molecule has 1 saturated heterocycles. The largest absolute Gasteiger partial charge is 0.495 e. The Morgan fingerprint density at radius 2 is 1.89 bits per heavy atom. The third-order valence-corrected chi connectivity index (χ3v) is 6.21. The minimum atomic E-state index is -0.223. The van der Waals surface area contributed by atoms with Crippen LogP contribution in [-0.4, -0.2) is 32.7 Å². The van der Waals surface area contributed by atoms with Crippen molar-refractivity contribution in [3.8, 4) is 11.4 Å². The topological polar surface area (TPSA) is 84.3 Å². The van der Waals surface area contributed by atoms with Crippen molar-refractivity contribution >= 4 is 34.6 Å². The van der Waals surface area contributed by atoms with E-state index in [9.17, 15) is 4.79 Å². The van der Waals surface area contributed by atoms with Crippen molar-refractivity contribution in [2.75, 3.05) is 17.3 Å². The number of ether oxygens (including phenoxy) is 1. The van der Waals surface area contributed by atoms with E-state index in [4.69, 9.17) is 17.0 Å². The Kier molecular flexibility index (Phi) is 6.15. The maximum Gasteiger partial charge on any atom is 0.221 e. The number of pyridine rings is 2. The highest BCUT2D eigenvalue weighted by molar-refractivity contribution is 7.80. The first-order valence-electron chi connectivity index (χ1n) is 11.1. The van der Waals surface area contributed by atoms with Crippen LogP contribution < -0.4 is 20.3 Å². The van der Waals surface area contributed by atoms with E-state index in [-0.39, 0.29) is 18.0 Å². The van der Waals surface area contributed by atoms with E-state index in [1.54, 1.807) is 25.7 Å². The molecule has 0 aliphatic carbocycles. The summed E-state index contributed by atoms with van der Waals surface area (Å²) in [6.45, 7) is 1.47. The number of hydrogen-bond acceptors (Lipinski definition) is 5. The fraction of sp³-hybridized carbons (Fsp3) is 0.154. The van der Waals surface area contributed by atoms with Gasteiger partial charge < -0.3 is 24.8 Å². The predicted molar refractivity (Wildman–Crippen MR) is 139 cm³/mol. The average Bonchev–Trinajstić information content (AvgIpc) is 3.49. The second-order valence-corrected chi connectivity index (χ2v) is 8.46. The van der Waals surface area contributed by atoms with Gasteiger partial charge in [0.15, 0.2) is 5.11 Å². The molecule has 0 unspecified atom stereocenters. The van der Waals surface area contributed by atoms with Crippen molar-refractivity contribution < 1.29 is 9.53 Å². The minimum Gasteiger partial charge on any atom is -0.495 e. The van der Waals surface area contributed by atoms with Gasteiger partial charge in [0.25, 0.3) is 0 Å². The second-order valence-electron chi connectivity index (χ2n) is 8.07. The molecule has 2 N–H and O–H groups in total. The van der Waals surface area contributed by atoms with E-state index >= 15 is 0 Å². The lowest BCUT2D eigenvalue weighted by molar-refractivity contribution is -0.114. The van der Waals surface area contributed by atoms with Crippen molar-refractivity contribution in [1.29, 1.82) is 0 Å². The van der Waals surface area contributed by atoms with Crippen molar-refractivity contribution in [1.82, 2.24) is 19.9 Å². The van der Waals surface area contributed by atoms with Crippen LogP contribution >= 0.6 is 12.2 Å². The summed E-state index contributed by atoms with van der Waals surface area (Å²) in [7, 11) is 1.57.